The molecule has 0 spiro atoms. The number of halogens is 3. The van der Waals surface area contributed by atoms with Crippen molar-refractivity contribution in [1.82, 2.24) is 5.16 Å². The summed E-state index contributed by atoms with van der Waals surface area (Å²) in [4.78, 5) is 13.1. The van der Waals surface area contributed by atoms with Gasteiger partial charge in [-0.1, -0.05) is 34.4 Å². The summed E-state index contributed by atoms with van der Waals surface area (Å²) in [7, 11) is -3.07. The van der Waals surface area contributed by atoms with E-state index in [0.29, 0.717) is 9.92 Å². The Morgan fingerprint density at radius 2 is 1.85 bits per heavy atom. The fourth-order valence-corrected chi connectivity index (χ4v) is 4.00. The van der Waals surface area contributed by atoms with Crippen LogP contribution in [-0.4, -0.2) is 21.5 Å². The Hall–Kier alpha value is -2.22. The van der Waals surface area contributed by atoms with Gasteiger partial charge < -0.3 is 4.52 Å². The van der Waals surface area contributed by atoms with Crippen LogP contribution in [0.2, 0.25) is 10.0 Å². The van der Waals surface area contributed by atoms with Gasteiger partial charge in [0.1, 0.15) is 22.8 Å². The molecule has 1 aromatic heterocycles. The molecule has 140 valence electrons. The molecular formula is C18H13Cl2FN2O3S. The van der Waals surface area contributed by atoms with Crippen LogP contribution in [0.15, 0.2) is 56.2 Å². The smallest absolute Gasteiger partial charge is 0.291 e. The van der Waals surface area contributed by atoms with E-state index in [2.05, 4.69) is 9.52 Å². The molecule has 0 unspecified atom stereocenters. The highest BCUT2D eigenvalue weighted by Crippen LogP contribution is 2.34. The van der Waals surface area contributed by atoms with E-state index in [1.54, 1.807) is 12.1 Å². The van der Waals surface area contributed by atoms with Gasteiger partial charge in [-0.25, -0.2) is 8.60 Å². The molecule has 9 heteroatoms. The number of aryl methyl sites for hydroxylation is 1. The van der Waals surface area contributed by atoms with Crippen LogP contribution in [-0.2, 0) is 9.73 Å². The molecule has 3 rings (SSSR count). The van der Waals surface area contributed by atoms with Crippen molar-refractivity contribution in [3.8, 4) is 11.3 Å². The van der Waals surface area contributed by atoms with Crippen molar-refractivity contribution in [3.63, 3.8) is 0 Å². The number of hydrogen-bond acceptors (Lipinski definition) is 4. The third kappa shape index (κ3) is 3.90. The van der Waals surface area contributed by atoms with Gasteiger partial charge in [-0.15, -0.1) is 0 Å². The highest BCUT2D eigenvalue weighted by atomic mass is 35.5. The van der Waals surface area contributed by atoms with E-state index in [-0.39, 0.29) is 27.6 Å². The first-order valence-electron chi connectivity index (χ1n) is 7.63. The number of nitrogens with zero attached hydrogens (tertiary/aromatic N) is 2. The van der Waals surface area contributed by atoms with Gasteiger partial charge in [0.05, 0.1) is 20.3 Å². The van der Waals surface area contributed by atoms with Gasteiger partial charge in [0.25, 0.3) is 5.91 Å². The summed E-state index contributed by atoms with van der Waals surface area (Å²) in [5, 5.41) is 4.28. The largest absolute Gasteiger partial charge is 0.360 e. The summed E-state index contributed by atoms with van der Waals surface area (Å²) in [6.07, 6.45) is 1.33. The molecule has 0 bridgehead atoms. The number of rotatable bonds is 3. The van der Waals surface area contributed by atoms with Crippen LogP contribution in [0.25, 0.3) is 11.3 Å². The minimum absolute atomic E-state index is 0.0623. The molecule has 1 atom stereocenters. The lowest BCUT2D eigenvalue weighted by Gasteiger charge is -2.06. The highest BCUT2D eigenvalue weighted by Gasteiger charge is 2.26. The van der Waals surface area contributed by atoms with Gasteiger partial charge in [0.2, 0.25) is 0 Å². The van der Waals surface area contributed by atoms with Gasteiger partial charge in [0.15, 0.2) is 0 Å². The minimum atomic E-state index is -3.07. The van der Waals surface area contributed by atoms with Crippen molar-refractivity contribution >= 4 is 38.8 Å². The monoisotopic (exact) mass is 426 g/mol. The van der Waals surface area contributed by atoms with Crippen LogP contribution in [0.5, 0.6) is 0 Å². The molecule has 5 nitrogen and oxygen atoms in total. The van der Waals surface area contributed by atoms with E-state index in [9.17, 15) is 13.4 Å². The molecule has 1 amide bonds. The zero-order valence-corrected chi connectivity index (χ0v) is 16.5. The number of benzene rings is 2. The van der Waals surface area contributed by atoms with E-state index in [1.807, 2.05) is 0 Å². The zero-order valence-electron chi connectivity index (χ0n) is 14.2. The Balaban J connectivity index is 2.13. The number of aromatic nitrogens is 1. The van der Waals surface area contributed by atoms with Crippen molar-refractivity contribution < 1.29 is 17.9 Å². The number of carbonyl (C=O) groups is 1. The maximum absolute atomic E-state index is 14.3. The highest BCUT2D eigenvalue weighted by molar-refractivity contribution is 7.93. The van der Waals surface area contributed by atoms with Gasteiger partial charge in [-0.2, -0.15) is 4.36 Å². The Labute approximate surface area is 165 Å². The van der Waals surface area contributed by atoms with Crippen molar-refractivity contribution in [2.45, 2.75) is 11.8 Å². The molecule has 0 aliphatic carbocycles. The first kappa shape index (κ1) is 19.5. The van der Waals surface area contributed by atoms with Crippen LogP contribution >= 0.6 is 23.2 Å². The lowest BCUT2D eigenvalue weighted by molar-refractivity contribution is 0.100. The Morgan fingerprint density at radius 1 is 1.19 bits per heavy atom. The van der Waals surface area contributed by atoms with Gasteiger partial charge in [0, 0.05) is 16.2 Å². The number of amides is 1. The van der Waals surface area contributed by atoms with Crippen LogP contribution < -0.4 is 0 Å². The summed E-state index contributed by atoms with van der Waals surface area (Å²) >= 11 is 11.9. The van der Waals surface area contributed by atoms with Gasteiger partial charge in [-0.3, -0.25) is 4.79 Å². The molecule has 0 aliphatic heterocycles. The van der Waals surface area contributed by atoms with Gasteiger partial charge >= 0.3 is 0 Å². The SMILES string of the molecule is Cc1onc(-c2c(F)cccc2Cl)c1C(=O)N=[S@@](C)(=O)c1ccc(Cl)cc1. The van der Waals surface area contributed by atoms with Crippen molar-refractivity contribution in [2.75, 3.05) is 6.26 Å². The summed E-state index contributed by atoms with van der Waals surface area (Å²) in [5.74, 6) is -1.39. The number of carbonyl (C=O) groups excluding carboxylic acids is 1. The molecule has 0 radical (unpaired) electrons. The lowest BCUT2D eigenvalue weighted by atomic mass is 10.1. The molecule has 0 saturated heterocycles. The summed E-state index contributed by atoms with van der Waals surface area (Å²) in [5.41, 5.74) is -0.259. The summed E-state index contributed by atoms with van der Waals surface area (Å²) in [6, 6.07) is 10.2. The van der Waals surface area contributed by atoms with E-state index < -0.39 is 21.5 Å². The second-order valence-electron chi connectivity index (χ2n) is 5.71. The molecule has 0 fully saturated rings. The second-order valence-corrected chi connectivity index (χ2v) is 8.81. The maximum Gasteiger partial charge on any atom is 0.291 e. The van der Waals surface area contributed by atoms with Crippen LogP contribution in [0.3, 0.4) is 0 Å². The molecule has 27 heavy (non-hydrogen) atoms. The predicted molar refractivity (Wildman–Crippen MR) is 102 cm³/mol. The molecular weight excluding hydrogens is 414 g/mol. The standard InChI is InChI=1S/C18H13Cl2FN2O3S/c1-10-15(17(22-26-10)16-13(20)4-3-5-14(16)21)18(24)23-27(2,25)12-8-6-11(19)7-9-12/h3-9H,1-2H3/t27-/m0/s1. The van der Waals surface area contributed by atoms with Crippen LogP contribution in [0, 0.1) is 12.7 Å². The molecule has 2 aromatic carbocycles. The first-order chi connectivity index (χ1) is 12.7. The Morgan fingerprint density at radius 3 is 2.48 bits per heavy atom. The van der Waals surface area contributed by atoms with Crippen LogP contribution in [0.4, 0.5) is 4.39 Å². The van der Waals surface area contributed by atoms with E-state index in [4.69, 9.17) is 27.7 Å². The van der Waals surface area contributed by atoms with Crippen molar-refractivity contribution in [3.05, 3.63) is 69.7 Å². The maximum atomic E-state index is 14.3. The zero-order chi connectivity index (χ0) is 19.8. The molecule has 1 heterocycles. The third-order valence-corrected chi connectivity index (χ3v) is 6.01. The van der Waals surface area contributed by atoms with Crippen LogP contribution in [0.1, 0.15) is 16.1 Å². The van der Waals surface area contributed by atoms with Gasteiger partial charge in [-0.05, 0) is 43.3 Å². The normalized spacial score (nSPS) is 13.2. The fraction of sp³-hybridized carbons (Fsp3) is 0.111. The Bertz CT molecular complexity index is 1130. The second kappa shape index (κ2) is 7.42. The predicted octanol–water partition coefficient (Wildman–Crippen LogP) is 5.39. The third-order valence-electron chi connectivity index (χ3n) is 3.78. The summed E-state index contributed by atoms with van der Waals surface area (Å²) < 4.78 is 36.1. The Kier molecular flexibility index (Phi) is 5.37. The van der Waals surface area contributed by atoms with E-state index >= 15 is 0 Å². The summed E-state index contributed by atoms with van der Waals surface area (Å²) in [6.45, 7) is 1.48. The molecule has 0 saturated carbocycles. The average Bonchev–Trinajstić information content (AvgIpc) is 2.96. The number of hydrogen-bond donors (Lipinski definition) is 0. The molecule has 3 aromatic rings. The van der Waals surface area contributed by atoms with E-state index in [0.717, 1.165) is 0 Å². The lowest BCUT2D eigenvalue weighted by Crippen LogP contribution is -2.06. The van der Waals surface area contributed by atoms with Crippen molar-refractivity contribution in [1.29, 1.82) is 0 Å². The van der Waals surface area contributed by atoms with E-state index in [1.165, 1.54) is 43.5 Å². The first-order valence-corrected chi connectivity index (χ1v) is 10.3. The molecule has 0 aliphatic rings. The topological polar surface area (TPSA) is 72.5 Å². The quantitative estimate of drug-likeness (QED) is 0.562. The average molecular weight is 427 g/mol. The fourth-order valence-electron chi connectivity index (χ4n) is 2.46. The molecule has 0 N–H and O–H groups in total. The van der Waals surface area contributed by atoms with Crippen molar-refractivity contribution in [2.24, 2.45) is 4.36 Å². The minimum Gasteiger partial charge on any atom is -0.360 e.